The molecule has 214 valence electrons. The Bertz CT molecular complexity index is 1450. The van der Waals surface area contributed by atoms with Gasteiger partial charge in [-0.15, -0.1) is 11.3 Å². The number of hydrogen-bond donors (Lipinski definition) is 2. The Morgan fingerprint density at radius 3 is 2.62 bits per heavy atom. The minimum atomic E-state index is -1.01. The zero-order valence-electron chi connectivity index (χ0n) is 23.6. The predicted octanol–water partition coefficient (Wildman–Crippen LogP) is 3.88. The summed E-state index contributed by atoms with van der Waals surface area (Å²) < 4.78 is 19.2. The summed E-state index contributed by atoms with van der Waals surface area (Å²) >= 11 is 3.01. The van der Waals surface area contributed by atoms with Crippen LogP contribution < -0.4 is 10.6 Å². The van der Waals surface area contributed by atoms with Gasteiger partial charge in [-0.05, 0) is 53.4 Å². The van der Waals surface area contributed by atoms with Gasteiger partial charge in [-0.1, -0.05) is 11.8 Å². The number of carbonyl (C=O) groups is 2. The smallest absolute Gasteiger partial charge is 0.303 e. The average molecular weight is 587 g/mol. The van der Waals surface area contributed by atoms with Crippen LogP contribution in [-0.4, -0.2) is 74.8 Å². The molecule has 3 aromatic rings. The van der Waals surface area contributed by atoms with E-state index in [2.05, 4.69) is 15.6 Å². The molecule has 3 aromatic heterocycles. The van der Waals surface area contributed by atoms with Crippen LogP contribution in [0, 0.1) is 19.8 Å². The molecule has 2 fully saturated rings. The van der Waals surface area contributed by atoms with Gasteiger partial charge >= 0.3 is 5.97 Å². The molecule has 0 radical (unpaired) electrons. The third-order valence-electron chi connectivity index (χ3n) is 7.08. The van der Waals surface area contributed by atoms with Crippen LogP contribution in [0.4, 0.5) is 5.82 Å². The second-order valence-electron chi connectivity index (χ2n) is 10.4. The lowest BCUT2D eigenvalue weighted by molar-refractivity contribution is -0.172. The van der Waals surface area contributed by atoms with Crippen molar-refractivity contribution in [3.8, 4) is 10.6 Å². The molecule has 0 spiro atoms. The maximum atomic E-state index is 13.0. The van der Waals surface area contributed by atoms with E-state index in [-0.39, 0.29) is 11.9 Å². The summed E-state index contributed by atoms with van der Waals surface area (Å²) in [5.74, 6) is -1.55. The number of nitrogens with zero attached hydrogens (tertiary/aromatic N) is 4. The maximum Gasteiger partial charge on any atom is 0.303 e. The van der Waals surface area contributed by atoms with Gasteiger partial charge in [-0.25, -0.2) is 15.0 Å². The van der Waals surface area contributed by atoms with Gasteiger partial charge in [0.05, 0.1) is 33.8 Å². The van der Waals surface area contributed by atoms with Gasteiger partial charge in [0.1, 0.15) is 22.4 Å². The van der Waals surface area contributed by atoms with Gasteiger partial charge in [-0.2, -0.15) is 0 Å². The largest absolute Gasteiger partial charge is 0.452 e. The van der Waals surface area contributed by atoms with Crippen molar-refractivity contribution < 1.29 is 23.8 Å². The number of carbonyl (C=O) groups excluding carboxylic acids is 2. The third-order valence-corrected chi connectivity index (χ3v) is 8.66. The van der Waals surface area contributed by atoms with Gasteiger partial charge in [0.2, 0.25) is 0 Å². The maximum absolute atomic E-state index is 13.0. The number of pyridine rings is 1. The number of aryl methyl sites for hydroxylation is 2. The lowest BCUT2D eigenvalue weighted by atomic mass is 9.97. The molecule has 4 heterocycles. The molecule has 40 heavy (non-hydrogen) atoms. The highest BCUT2D eigenvalue weighted by atomic mass is 32.2. The molecule has 13 heteroatoms. The molecule has 2 N–H and O–H groups in total. The molecule has 0 aromatic carbocycles. The van der Waals surface area contributed by atoms with Crippen LogP contribution in [0.5, 0.6) is 0 Å². The Balaban J connectivity index is 1.54. The van der Waals surface area contributed by atoms with Crippen LogP contribution in [0.3, 0.4) is 0 Å². The second-order valence-corrected chi connectivity index (χ2v) is 12.2. The number of anilines is 1. The van der Waals surface area contributed by atoms with Crippen molar-refractivity contribution in [2.45, 2.75) is 83.3 Å². The van der Waals surface area contributed by atoms with Gasteiger partial charge in [-0.3, -0.25) is 14.6 Å². The highest BCUT2D eigenvalue weighted by molar-refractivity contribution is 7.98. The molecular formula is C27H34N6O5S2. The Morgan fingerprint density at radius 2 is 1.95 bits per heavy atom. The van der Waals surface area contributed by atoms with Crippen molar-refractivity contribution in [3.05, 3.63) is 23.7 Å². The fourth-order valence-electron chi connectivity index (χ4n) is 5.51. The minimum absolute atomic E-state index is 0.287. The lowest BCUT2D eigenvalue weighted by Gasteiger charge is -2.28. The minimum Gasteiger partial charge on any atom is -0.452 e. The average Bonchev–Trinajstić information content (AvgIpc) is 3.54. The number of hydrogen-bond acceptors (Lipinski definition) is 12. The summed E-state index contributed by atoms with van der Waals surface area (Å²) in [6.45, 7) is 11.1. The fourth-order valence-corrected chi connectivity index (χ4v) is 7.03. The Morgan fingerprint density at radius 1 is 1.20 bits per heavy atom. The number of ether oxygens (including phenoxy) is 3. The van der Waals surface area contributed by atoms with E-state index in [1.54, 1.807) is 17.5 Å². The van der Waals surface area contributed by atoms with Crippen molar-refractivity contribution >= 4 is 51.0 Å². The Labute approximate surface area is 241 Å². The summed E-state index contributed by atoms with van der Waals surface area (Å²) in [6, 6.07) is 1.67. The van der Waals surface area contributed by atoms with E-state index < -0.39 is 36.0 Å². The number of aromatic nitrogens is 4. The first-order valence-electron chi connectivity index (χ1n) is 13.2. The molecule has 5 atom stereocenters. The molecular weight excluding hydrogens is 552 g/mol. The normalized spacial score (nSPS) is 24.1. The SMILES string of the molecule is CCNC(=O)C(OC(C)=O)C1C[C@@H](Nc2nc(SC)nc(C)c2-c2nc3c(C)nccc3s2)[C@@H]2OC(C)(C)O[C@H]12. The summed E-state index contributed by atoms with van der Waals surface area (Å²) in [5.41, 5.74) is 3.30. The highest BCUT2D eigenvalue weighted by Gasteiger charge is 2.58. The van der Waals surface area contributed by atoms with E-state index >= 15 is 0 Å². The number of likely N-dealkylation sites (N-methyl/N-ethyl adjacent to an activating group) is 1. The monoisotopic (exact) mass is 586 g/mol. The molecule has 1 saturated carbocycles. The molecule has 1 aliphatic heterocycles. The van der Waals surface area contributed by atoms with Crippen LogP contribution in [-0.2, 0) is 23.8 Å². The van der Waals surface area contributed by atoms with E-state index in [0.717, 1.165) is 32.2 Å². The number of amides is 1. The van der Waals surface area contributed by atoms with E-state index in [1.807, 2.05) is 46.9 Å². The van der Waals surface area contributed by atoms with Gasteiger partial charge in [0.15, 0.2) is 17.0 Å². The second kappa shape index (κ2) is 11.2. The first-order chi connectivity index (χ1) is 19.0. The van der Waals surface area contributed by atoms with Crippen molar-refractivity contribution in [2.75, 3.05) is 18.1 Å². The predicted molar refractivity (Wildman–Crippen MR) is 153 cm³/mol. The zero-order chi connectivity index (χ0) is 28.8. The quantitative estimate of drug-likeness (QED) is 0.226. The summed E-state index contributed by atoms with van der Waals surface area (Å²) in [5, 5.41) is 7.81. The van der Waals surface area contributed by atoms with Gasteiger partial charge in [0, 0.05) is 25.6 Å². The lowest BCUT2D eigenvalue weighted by Crippen LogP contribution is -2.45. The molecule has 5 rings (SSSR count). The van der Waals surface area contributed by atoms with E-state index in [9.17, 15) is 9.59 Å². The molecule has 1 saturated heterocycles. The van der Waals surface area contributed by atoms with Gasteiger partial charge in [0.25, 0.3) is 5.91 Å². The summed E-state index contributed by atoms with van der Waals surface area (Å²) in [4.78, 5) is 43.9. The van der Waals surface area contributed by atoms with E-state index in [0.29, 0.717) is 23.9 Å². The number of thioether (sulfide) groups is 1. The van der Waals surface area contributed by atoms with Crippen LogP contribution in [0.2, 0.25) is 0 Å². The van der Waals surface area contributed by atoms with Crippen LogP contribution in [0.15, 0.2) is 17.4 Å². The van der Waals surface area contributed by atoms with E-state index in [4.69, 9.17) is 29.2 Å². The van der Waals surface area contributed by atoms with Crippen LogP contribution in [0.1, 0.15) is 45.5 Å². The Kier molecular flexibility index (Phi) is 8.01. The number of thiazole rings is 1. The van der Waals surface area contributed by atoms with Gasteiger partial charge < -0.3 is 24.8 Å². The van der Waals surface area contributed by atoms with Crippen LogP contribution in [0.25, 0.3) is 20.8 Å². The van der Waals surface area contributed by atoms with Crippen LogP contribution >= 0.6 is 23.1 Å². The van der Waals surface area contributed by atoms with Crippen molar-refractivity contribution in [1.82, 2.24) is 25.3 Å². The topological polar surface area (TPSA) is 137 Å². The van der Waals surface area contributed by atoms with Crippen molar-refractivity contribution in [1.29, 1.82) is 0 Å². The molecule has 2 aliphatic rings. The third kappa shape index (κ3) is 5.52. The summed E-state index contributed by atoms with van der Waals surface area (Å²) in [7, 11) is 0. The molecule has 2 unspecified atom stereocenters. The number of rotatable bonds is 8. The summed E-state index contributed by atoms with van der Waals surface area (Å²) in [6.07, 6.45) is 2.28. The standard InChI is InChI=1S/C27H34N6O5S2/c1-8-28-24(35)21(36-14(4)34)15-11-16(22-20(15)37-27(5,6)38-22)31-23-18(12(2)30-26(33-23)39-7)25-32-19-13(3)29-10-9-17(19)40-25/h9-10,15-16,20-22H,8,11H2,1-7H3,(H,28,35)(H,30,31,33)/t15?,16-,20-,21?,22+/m1/s1. The Hall–Kier alpha value is -2.87. The molecule has 1 aliphatic carbocycles. The molecule has 0 bridgehead atoms. The first-order valence-corrected chi connectivity index (χ1v) is 15.3. The highest BCUT2D eigenvalue weighted by Crippen LogP contribution is 2.46. The number of nitrogens with one attached hydrogen (secondary N) is 2. The van der Waals surface area contributed by atoms with Crippen molar-refractivity contribution in [2.24, 2.45) is 5.92 Å². The zero-order valence-corrected chi connectivity index (χ0v) is 25.2. The molecule has 11 nitrogen and oxygen atoms in total. The van der Waals surface area contributed by atoms with Crippen molar-refractivity contribution in [3.63, 3.8) is 0 Å². The number of esters is 1. The molecule has 1 amide bonds. The van der Waals surface area contributed by atoms with E-state index in [1.165, 1.54) is 18.7 Å². The number of fused-ring (bicyclic) bond motifs is 2. The fraction of sp³-hybridized carbons (Fsp3) is 0.556. The first kappa shape index (κ1) is 28.7.